The number of nitrogens with zero attached hydrogens (tertiary/aromatic N) is 2. The maximum absolute atomic E-state index is 13.0. The SMILES string of the molecule is CC(C)CCOc1ccc(C(=O)N(CCC#N)CCc2ccccc2)cc1Br. The summed E-state index contributed by atoms with van der Waals surface area (Å²) in [6.07, 6.45) is 2.06. The first-order valence-electron chi connectivity index (χ1n) is 9.63. The van der Waals surface area contributed by atoms with Gasteiger partial charge >= 0.3 is 0 Å². The lowest BCUT2D eigenvalue weighted by Crippen LogP contribution is -2.33. The van der Waals surface area contributed by atoms with Gasteiger partial charge in [0.25, 0.3) is 5.91 Å². The Morgan fingerprint density at radius 3 is 2.57 bits per heavy atom. The molecule has 0 saturated carbocycles. The smallest absolute Gasteiger partial charge is 0.253 e. The second-order valence-electron chi connectivity index (χ2n) is 7.11. The summed E-state index contributed by atoms with van der Waals surface area (Å²) in [6.45, 7) is 5.97. The van der Waals surface area contributed by atoms with E-state index in [0.717, 1.165) is 23.1 Å². The minimum Gasteiger partial charge on any atom is -0.492 e. The fraction of sp³-hybridized carbons (Fsp3) is 0.391. The molecule has 0 N–H and O–H groups in total. The van der Waals surface area contributed by atoms with Gasteiger partial charge in [-0.1, -0.05) is 44.2 Å². The van der Waals surface area contributed by atoms with Crippen molar-refractivity contribution in [3.63, 3.8) is 0 Å². The van der Waals surface area contributed by atoms with E-state index in [1.807, 2.05) is 36.4 Å². The molecular formula is C23H27BrN2O2. The van der Waals surface area contributed by atoms with E-state index < -0.39 is 0 Å². The monoisotopic (exact) mass is 442 g/mol. The van der Waals surface area contributed by atoms with Crippen molar-refractivity contribution < 1.29 is 9.53 Å². The molecule has 5 heteroatoms. The molecule has 2 aromatic carbocycles. The summed E-state index contributed by atoms with van der Waals surface area (Å²) in [5.74, 6) is 1.25. The normalized spacial score (nSPS) is 10.5. The lowest BCUT2D eigenvalue weighted by molar-refractivity contribution is 0.0760. The van der Waals surface area contributed by atoms with Crippen LogP contribution >= 0.6 is 15.9 Å². The zero-order chi connectivity index (χ0) is 20.4. The predicted molar refractivity (Wildman–Crippen MR) is 115 cm³/mol. The lowest BCUT2D eigenvalue weighted by atomic mass is 10.1. The first-order valence-corrected chi connectivity index (χ1v) is 10.4. The van der Waals surface area contributed by atoms with Crippen molar-refractivity contribution >= 4 is 21.8 Å². The van der Waals surface area contributed by atoms with Gasteiger partial charge in [-0.3, -0.25) is 4.79 Å². The average Bonchev–Trinajstić information content (AvgIpc) is 2.69. The van der Waals surface area contributed by atoms with Crippen molar-refractivity contribution in [1.82, 2.24) is 4.90 Å². The van der Waals surface area contributed by atoms with Crippen LogP contribution in [0.25, 0.3) is 0 Å². The van der Waals surface area contributed by atoms with Gasteiger partial charge in [0, 0.05) is 18.7 Å². The number of amides is 1. The highest BCUT2D eigenvalue weighted by atomic mass is 79.9. The fourth-order valence-electron chi connectivity index (χ4n) is 2.75. The van der Waals surface area contributed by atoms with Crippen LogP contribution in [-0.2, 0) is 6.42 Å². The van der Waals surface area contributed by atoms with Crippen LogP contribution in [0.2, 0.25) is 0 Å². The molecule has 148 valence electrons. The summed E-state index contributed by atoms with van der Waals surface area (Å²) < 4.78 is 6.57. The van der Waals surface area contributed by atoms with Crippen molar-refractivity contribution in [2.75, 3.05) is 19.7 Å². The number of hydrogen-bond acceptors (Lipinski definition) is 3. The molecule has 4 nitrogen and oxygen atoms in total. The minimum absolute atomic E-state index is 0.0689. The third-order valence-corrected chi connectivity index (χ3v) is 5.05. The molecule has 0 aliphatic rings. The summed E-state index contributed by atoms with van der Waals surface area (Å²) in [4.78, 5) is 14.7. The van der Waals surface area contributed by atoms with E-state index >= 15 is 0 Å². The number of carbonyl (C=O) groups excluding carboxylic acids is 1. The van der Waals surface area contributed by atoms with Crippen LogP contribution < -0.4 is 4.74 Å². The first-order chi connectivity index (χ1) is 13.5. The highest BCUT2D eigenvalue weighted by molar-refractivity contribution is 9.10. The van der Waals surface area contributed by atoms with Crippen molar-refractivity contribution in [2.45, 2.75) is 33.1 Å². The van der Waals surface area contributed by atoms with Crippen LogP contribution in [0.15, 0.2) is 53.0 Å². The third-order valence-electron chi connectivity index (χ3n) is 4.43. The molecule has 0 saturated heterocycles. The van der Waals surface area contributed by atoms with E-state index in [-0.39, 0.29) is 5.91 Å². The molecule has 1 amide bonds. The van der Waals surface area contributed by atoms with Crippen LogP contribution in [0.1, 0.15) is 42.6 Å². The lowest BCUT2D eigenvalue weighted by Gasteiger charge is -2.22. The summed E-state index contributed by atoms with van der Waals surface area (Å²) in [5.41, 5.74) is 1.77. The molecule has 0 spiro atoms. The Kier molecular flexibility index (Phi) is 9.03. The Hall–Kier alpha value is -2.32. The quantitative estimate of drug-likeness (QED) is 0.489. The molecule has 0 radical (unpaired) electrons. The van der Waals surface area contributed by atoms with Gasteiger partial charge in [-0.25, -0.2) is 0 Å². The second kappa shape index (κ2) is 11.5. The summed E-state index contributed by atoms with van der Waals surface area (Å²) in [5, 5.41) is 8.94. The molecule has 0 aliphatic carbocycles. The molecule has 0 unspecified atom stereocenters. The van der Waals surface area contributed by atoms with Crippen molar-refractivity contribution in [2.24, 2.45) is 5.92 Å². The van der Waals surface area contributed by atoms with E-state index in [9.17, 15) is 4.79 Å². The Bertz CT molecular complexity index is 800. The number of nitriles is 1. The molecule has 0 aromatic heterocycles. The van der Waals surface area contributed by atoms with Gasteiger partial charge in [-0.15, -0.1) is 0 Å². The maximum Gasteiger partial charge on any atom is 0.253 e. The number of rotatable bonds is 10. The van der Waals surface area contributed by atoms with Gasteiger partial charge in [-0.2, -0.15) is 5.26 Å². The average molecular weight is 443 g/mol. The molecule has 28 heavy (non-hydrogen) atoms. The number of halogens is 1. The molecule has 0 aliphatic heterocycles. The fourth-order valence-corrected chi connectivity index (χ4v) is 3.24. The highest BCUT2D eigenvalue weighted by Crippen LogP contribution is 2.27. The van der Waals surface area contributed by atoms with E-state index in [1.54, 1.807) is 17.0 Å². The van der Waals surface area contributed by atoms with Gasteiger partial charge in [-0.05, 0) is 58.5 Å². The van der Waals surface area contributed by atoms with Gasteiger partial charge in [0.1, 0.15) is 5.75 Å². The molecule has 0 atom stereocenters. The van der Waals surface area contributed by atoms with Crippen molar-refractivity contribution in [1.29, 1.82) is 5.26 Å². The number of ether oxygens (including phenoxy) is 1. The Balaban J connectivity index is 2.05. The summed E-state index contributed by atoms with van der Waals surface area (Å²) in [6, 6.07) is 17.6. The zero-order valence-corrected chi connectivity index (χ0v) is 18.1. The van der Waals surface area contributed by atoms with Crippen LogP contribution in [-0.4, -0.2) is 30.5 Å². The Morgan fingerprint density at radius 2 is 1.93 bits per heavy atom. The van der Waals surface area contributed by atoms with E-state index in [0.29, 0.717) is 37.6 Å². The molecule has 0 heterocycles. The van der Waals surface area contributed by atoms with Crippen LogP contribution in [0, 0.1) is 17.2 Å². The van der Waals surface area contributed by atoms with Crippen LogP contribution in [0.3, 0.4) is 0 Å². The van der Waals surface area contributed by atoms with Crippen LogP contribution in [0.4, 0.5) is 0 Å². The first kappa shape index (κ1) is 22.0. The Morgan fingerprint density at radius 1 is 1.18 bits per heavy atom. The van der Waals surface area contributed by atoms with Gasteiger partial charge in [0.2, 0.25) is 0 Å². The van der Waals surface area contributed by atoms with Crippen molar-refractivity contribution in [3.8, 4) is 11.8 Å². The van der Waals surface area contributed by atoms with E-state index in [2.05, 4.69) is 35.8 Å². The number of hydrogen-bond donors (Lipinski definition) is 0. The maximum atomic E-state index is 13.0. The summed E-state index contributed by atoms with van der Waals surface area (Å²) >= 11 is 3.51. The Labute approximate surface area is 176 Å². The van der Waals surface area contributed by atoms with Gasteiger partial charge < -0.3 is 9.64 Å². The molecule has 2 aromatic rings. The minimum atomic E-state index is -0.0689. The molecule has 0 bridgehead atoms. The van der Waals surface area contributed by atoms with E-state index in [4.69, 9.17) is 10.00 Å². The standard InChI is InChI=1S/C23H27BrN2O2/c1-18(2)12-16-28-22-10-9-20(17-21(22)24)23(27)26(14-6-13-25)15-11-19-7-4-3-5-8-19/h3-5,7-10,17-18H,6,11-12,14-16H2,1-2H3. The largest absolute Gasteiger partial charge is 0.492 e. The van der Waals surface area contributed by atoms with E-state index in [1.165, 1.54) is 5.56 Å². The topological polar surface area (TPSA) is 53.3 Å². The van der Waals surface area contributed by atoms with Crippen LogP contribution in [0.5, 0.6) is 5.75 Å². The van der Waals surface area contributed by atoms with Gasteiger partial charge in [0.05, 0.1) is 23.6 Å². The zero-order valence-electron chi connectivity index (χ0n) is 16.5. The van der Waals surface area contributed by atoms with Gasteiger partial charge in [0.15, 0.2) is 0 Å². The number of benzene rings is 2. The molecule has 0 fully saturated rings. The molecule has 2 rings (SSSR count). The highest BCUT2D eigenvalue weighted by Gasteiger charge is 2.17. The third kappa shape index (κ3) is 7.01. The summed E-state index contributed by atoms with van der Waals surface area (Å²) in [7, 11) is 0. The molecular weight excluding hydrogens is 416 g/mol. The number of carbonyl (C=O) groups is 1. The predicted octanol–water partition coefficient (Wildman–Crippen LogP) is 5.47. The second-order valence-corrected chi connectivity index (χ2v) is 7.97. The van der Waals surface area contributed by atoms with Crippen molar-refractivity contribution in [3.05, 3.63) is 64.1 Å².